The number of rotatable bonds is 4. The van der Waals surface area contributed by atoms with Crippen molar-refractivity contribution >= 4 is 29.5 Å². The fourth-order valence-electron chi connectivity index (χ4n) is 3.64. The molecule has 1 saturated heterocycles. The highest BCUT2D eigenvalue weighted by Crippen LogP contribution is 2.40. The van der Waals surface area contributed by atoms with E-state index in [0.29, 0.717) is 29.9 Å². The maximum atomic E-state index is 12.8. The van der Waals surface area contributed by atoms with Gasteiger partial charge in [-0.15, -0.1) is 10.2 Å². The van der Waals surface area contributed by atoms with Crippen LogP contribution in [0, 0.1) is 0 Å². The van der Waals surface area contributed by atoms with Gasteiger partial charge in [-0.05, 0) is 25.7 Å². The molecular weight excluding hydrogens is 344 g/mol. The van der Waals surface area contributed by atoms with Crippen molar-refractivity contribution in [2.75, 3.05) is 12.3 Å². The van der Waals surface area contributed by atoms with E-state index in [1.165, 1.54) is 4.90 Å². The van der Waals surface area contributed by atoms with Gasteiger partial charge in [0.1, 0.15) is 12.1 Å². The molecule has 3 amide bonds. The molecule has 0 atom stereocenters. The first-order valence-electron chi connectivity index (χ1n) is 8.69. The highest BCUT2D eigenvalue weighted by Gasteiger charge is 2.50. The molecule has 2 heterocycles. The minimum absolute atomic E-state index is 0.0672. The topological polar surface area (TPSA) is 105 Å². The standard InChI is InChI=1S/C16H20N4O4S/c21-11-8-20(16(14(23)17-11)6-2-1-3-7-16)12(22)9-25-15-19-18-13(24-15)10-4-5-10/h10H,1-9H2,(H,17,21,23). The maximum Gasteiger partial charge on any atom is 0.277 e. The van der Waals surface area contributed by atoms with Gasteiger partial charge in [-0.3, -0.25) is 19.7 Å². The average molecular weight is 364 g/mol. The summed E-state index contributed by atoms with van der Waals surface area (Å²) in [4.78, 5) is 38.5. The number of carbonyl (C=O) groups excluding carboxylic acids is 3. The van der Waals surface area contributed by atoms with E-state index in [0.717, 1.165) is 43.9 Å². The molecule has 1 aliphatic heterocycles. The second-order valence-corrected chi connectivity index (χ2v) is 7.85. The Labute approximate surface area is 149 Å². The summed E-state index contributed by atoms with van der Waals surface area (Å²) in [5, 5.41) is 10.7. The molecule has 0 radical (unpaired) electrons. The zero-order valence-electron chi connectivity index (χ0n) is 13.8. The normalized spacial score (nSPS) is 23.0. The molecule has 4 rings (SSSR count). The molecule has 9 heteroatoms. The molecule has 1 spiro atoms. The summed E-state index contributed by atoms with van der Waals surface area (Å²) in [5.41, 5.74) is -0.877. The number of thioether (sulfide) groups is 1. The smallest absolute Gasteiger partial charge is 0.277 e. The molecule has 25 heavy (non-hydrogen) atoms. The highest BCUT2D eigenvalue weighted by molar-refractivity contribution is 7.99. The van der Waals surface area contributed by atoms with Gasteiger partial charge in [0.05, 0.1) is 5.75 Å². The van der Waals surface area contributed by atoms with Crippen LogP contribution in [0.15, 0.2) is 9.64 Å². The summed E-state index contributed by atoms with van der Waals surface area (Å²) in [6.07, 6.45) is 6.16. The summed E-state index contributed by atoms with van der Waals surface area (Å²) >= 11 is 1.16. The first kappa shape index (κ1) is 16.6. The third kappa shape index (κ3) is 3.17. The molecule has 134 valence electrons. The number of nitrogens with zero attached hydrogens (tertiary/aromatic N) is 3. The lowest BCUT2D eigenvalue weighted by atomic mass is 9.78. The number of hydrogen-bond acceptors (Lipinski definition) is 7. The van der Waals surface area contributed by atoms with Crippen LogP contribution >= 0.6 is 11.8 Å². The molecule has 2 aliphatic carbocycles. The van der Waals surface area contributed by atoms with E-state index in [4.69, 9.17) is 4.42 Å². The minimum atomic E-state index is -0.877. The Balaban J connectivity index is 1.45. The summed E-state index contributed by atoms with van der Waals surface area (Å²) in [5.74, 6) is 0.0807. The van der Waals surface area contributed by atoms with Crippen LogP contribution in [0.5, 0.6) is 0 Å². The minimum Gasteiger partial charge on any atom is -0.416 e. The number of hydrogen-bond donors (Lipinski definition) is 1. The van der Waals surface area contributed by atoms with Gasteiger partial charge in [0.2, 0.25) is 17.7 Å². The van der Waals surface area contributed by atoms with Crippen molar-refractivity contribution in [3.05, 3.63) is 5.89 Å². The summed E-state index contributed by atoms with van der Waals surface area (Å²) < 4.78 is 5.55. The van der Waals surface area contributed by atoms with Crippen molar-refractivity contribution in [2.24, 2.45) is 0 Å². The first-order chi connectivity index (χ1) is 12.1. The second kappa shape index (κ2) is 6.44. The van der Waals surface area contributed by atoms with Gasteiger partial charge in [0.25, 0.3) is 11.1 Å². The molecule has 0 unspecified atom stereocenters. The van der Waals surface area contributed by atoms with Crippen molar-refractivity contribution in [1.82, 2.24) is 20.4 Å². The van der Waals surface area contributed by atoms with E-state index in [1.54, 1.807) is 0 Å². The van der Waals surface area contributed by atoms with E-state index >= 15 is 0 Å². The van der Waals surface area contributed by atoms with Gasteiger partial charge >= 0.3 is 0 Å². The lowest BCUT2D eigenvalue weighted by molar-refractivity contribution is -0.158. The Morgan fingerprint density at radius 1 is 1.24 bits per heavy atom. The zero-order chi connectivity index (χ0) is 17.4. The number of imide groups is 1. The molecule has 3 fully saturated rings. The van der Waals surface area contributed by atoms with Crippen LogP contribution in [-0.2, 0) is 14.4 Å². The van der Waals surface area contributed by atoms with Gasteiger partial charge in [0, 0.05) is 5.92 Å². The molecule has 1 N–H and O–H groups in total. The average Bonchev–Trinajstić information content (AvgIpc) is 3.35. The molecule has 1 aromatic heterocycles. The molecule has 0 aromatic carbocycles. The zero-order valence-corrected chi connectivity index (χ0v) is 14.6. The van der Waals surface area contributed by atoms with Crippen molar-refractivity contribution < 1.29 is 18.8 Å². The third-order valence-corrected chi connectivity index (χ3v) is 5.95. The quantitative estimate of drug-likeness (QED) is 0.632. The summed E-state index contributed by atoms with van der Waals surface area (Å²) in [7, 11) is 0. The summed E-state index contributed by atoms with van der Waals surface area (Å²) in [6, 6.07) is 0. The molecule has 1 aromatic rings. The number of piperazine rings is 1. The molecule has 8 nitrogen and oxygen atoms in total. The van der Waals surface area contributed by atoms with Crippen LogP contribution in [-0.4, -0.2) is 50.7 Å². The Kier molecular flexibility index (Phi) is 4.26. The van der Waals surface area contributed by atoms with Crippen LogP contribution in [0.25, 0.3) is 0 Å². The predicted molar refractivity (Wildman–Crippen MR) is 87.7 cm³/mol. The van der Waals surface area contributed by atoms with E-state index < -0.39 is 11.4 Å². The largest absolute Gasteiger partial charge is 0.416 e. The van der Waals surface area contributed by atoms with Gasteiger partial charge in [-0.1, -0.05) is 31.0 Å². The van der Waals surface area contributed by atoms with Gasteiger partial charge in [0.15, 0.2) is 0 Å². The fraction of sp³-hybridized carbons (Fsp3) is 0.688. The van der Waals surface area contributed by atoms with Crippen LogP contribution in [0.3, 0.4) is 0 Å². The molecule has 0 bridgehead atoms. The Hall–Kier alpha value is -1.90. The predicted octanol–water partition coefficient (Wildman–Crippen LogP) is 1.23. The van der Waals surface area contributed by atoms with Crippen LogP contribution in [0.1, 0.15) is 56.8 Å². The molecule has 2 saturated carbocycles. The Morgan fingerprint density at radius 2 is 2.00 bits per heavy atom. The lowest BCUT2D eigenvalue weighted by Crippen LogP contribution is -2.69. The van der Waals surface area contributed by atoms with Crippen LogP contribution in [0.4, 0.5) is 0 Å². The highest BCUT2D eigenvalue weighted by atomic mass is 32.2. The van der Waals surface area contributed by atoms with Crippen molar-refractivity contribution in [3.8, 4) is 0 Å². The first-order valence-corrected chi connectivity index (χ1v) is 9.68. The number of aromatic nitrogens is 2. The van der Waals surface area contributed by atoms with Gasteiger partial charge in [-0.25, -0.2) is 0 Å². The van der Waals surface area contributed by atoms with Crippen LogP contribution in [0.2, 0.25) is 0 Å². The maximum absolute atomic E-state index is 12.8. The second-order valence-electron chi connectivity index (χ2n) is 6.92. The van der Waals surface area contributed by atoms with E-state index in [-0.39, 0.29) is 24.1 Å². The van der Waals surface area contributed by atoms with Crippen molar-refractivity contribution in [3.63, 3.8) is 0 Å². The Morgan fingerprint density at radius 3 is 2.72 bits per heavy atom. The van der Waals surface area contributed by atoms with E-state index in [1.807, 2.05) is 0 Å². The SMILES string of the molecule is O=C1CN(C(=O)CSc2nnc(C3CC3)o2)C2(CCCCC2)C(=O)N1. The number of carbonyl (C=O) groups is 3. The van der Waals surface area contributed by atoms with Crippen molar-refractivity contribution in [2.45, 2.75) is 61.6 Å². The van der Waals surface area contributed by atoms with E-state index in [2.05, 4.69) is 15.5 Å². The molecular formula is C16H20N4O4S. The number of nitrogens with one attached hydrogen (secondary N) is 1. The molecule has 3 aliphatic rings. The van der Waals surface area contributed by atoms with E-state index in [9.17, 15) is 14.4 Å². The third-order valence-electron chi connectivity index (χ3n) is 5.14. The Bertz CT molecular complexity index is 709. The monoisotopic (exact) mass is 364 g/mol. The summed E-state index contributed by atoms with van der Waals surface area (Å²) in [6.45, 7) is -0.0672. The van der Waals surface area contributed by atoms with Crippen molar-refractivity contribution in [1.29, 1.82) is 0 Å². The van der Waals surface area contributed by atoms with Crippen LogP contribution < -0.4 is 5.32 Å². The van der Waals surface area contributed by atoms with Gasteiger partial charge < -0.3 is 9.32 Å². The lowest BCUT2D eigenvalue weighted by Gasteiger charge is -2.47. The number of amides is 3. The fourth-order valence-corrected chi connectivity index (χ4v) is 4.28. The van der Waals surface area contributed by atoms with Gasteiger partial charge in [-0.2, -0.15) is 0 Å².